The number of rotatable bonds is 4. The molecule has 2 aromatic rings. The highest BCUT2D eigenvalue weighted by atomic mass is 16.5. The summed E-state index contributed by atoms with van der Waals surface area (Å²) in [5.41, 5.74) is 0.136. The van der Waals surface area contributed by atoms with Crippen molar-refractivity contribution in [2.75, 3.05) is 18.0 Å². The molecule has 0 saturated carbocycles. The first-order chi connectivity index (χ1) is 11.0. The first kappa shape index (κ1) is 15.9. The van der Waals surface area contributed by atoms with Crippen LogP contribution in [0.2, 0.25) is 0 Å². The van der Waals surface area contributed by atoms with Crippen molar-refractivity contribution in [2.24, 2.45) is 0 Å². The number of aliphatic hydroxyl groups is 1. The molecule has 7 nitrogen and oxygen atoms in total. The fraction of sp³-hybridized carbons (Fsp3) is 0.625. The van der Waals surface area contributed by atoms with E-state index in [1.165, 1.54) is 0 Å². The van der Waals surface area contributed by atoms with Crippen LogP contribution in [0.5, 0.6) is 0 Å². The summed E-state index contributed by atoms with van der Waals surface area (Å²) in [6.45, 7) is 7.37. The Bertz CT molecular complexity index is 672. The van der Waals surface area contributed by atoms with E-state index in [-0.39, 0.29) is 0 Å². The fourth-order valence-corrected chi connectivity index (χ4v) is 3.00. The third kappa shape index (κ3) is 3.67. The molecule has 0 amide bonds. The molecule has 0 aromatic carbocycles. The summed E-state index contributed by atoms with van der Waals surface area (Å²) in [4.78, 5) is 15.0. The predicted octanol–water partition coefficient (Wildman–Crippen LogP) is 1.87. The zero-order valence-electron chi connectivity index (χ0n) is 13.9. The maximum Gasteiger partial charge on any atom is 0.229 e. The maximum atomic E-state index is 10.9. The van der Waals surface area contributed by atoms with Crippen molar-refractivity contribution >= 4 is 5.82 Å². The van der Waals surface area contributed by atoms with Gasteiger partial charge in [0.1, 0.15) is 12.1 Å². The summed E-state index contributed by atoms with van der Waals surface area (Å²) in [5.74, 6) is 2.29. The highest BCUT2D eigenvalue weighted by Gasteiger charge is 2.36. The molecule has 23 heavy (non-hydrogen) atoms. The molecule has 1 atom stereocenters. The first-order valence-corrected chi connectivity index (χ1v) is 8.04. The van der Waals surface area contributed by atoms with Crippen molar-refractivity contribution < 1.29 is 9.63 Å². The molecule has 1 saturated heterocycles. The molecule has 7 heteroatoms. The molecule has 1 aliphatic rings. The van der Waals surface area contributed by atoms with Crippen LogP contribution >= 0.6 is 0 Å². The second-order valence-corrected chi connectivity index (χ2v) is 6.62. The molecule has 2 aromatic heterocycles. The van der Waals surface area contributed by atoms with Crippen molar-refractivity contribution in [1.82, 2.24) is 20.1 Å². The summed E-state index contributed by atoms with van der Waals surface area (Å²) in [6.07, 6.45) is 3.57. The molecule has 0 aliphatic carbocycles. The van der Waals surface area contributed by atoms with Gasteiger partial charge in [-0.05, 0) is 25.7 Å². The summed E-state index contributed by atoms with van der Waals surface area (Å²) >= 11 is 0. The van der Waals surface area contributed by atoms with E-state index in [2.05, 4.69) is 38.9 Å². The van der Waals surface area contributed by atoms with Crippen molar-refractivity contribution in [3.8, 4) is 0 Å². The van der Waals surface area contributed by atoms with E-state index in [9.17, 15) is 5.11 Å². The van der Waals surface area contributed by atoms with Crippen LogP contribution in [0.1, 0.15) is 50.0 Å². The highest BCUT2D eigenvalue weighted by Crippen LogP contribution is 2.28. The zero-order valence-corrected chi connectivity index (χ0v) is 13.9. The Kier molecular flexibility index (Phi) is 4.30. The van der Waals surface area contributed by atoms with Crippen LogP contribution in [0, 0.1) is 6.92 Å². The van der Waals surface area contributed by atoms with Gasteiger partial charge in [0.15, 0.2) is 5.82 Å². The molecule has 1 unspecified atom stereocenters. The smallest absolute Gasteiger partial charge is 0.229 e. The molecule has 3 rings (SSSR count). The SMILES string of the molecule is Cc1noc(CC2(O)CCCN(c3cc(C(C)C)ncn3)C2)n1. The van der Waals surface area contributed by atoms with Crippen molar-refractivity contribution in [3.05, 3.63) is 29.8 Å². The Labute approximate surface area is 135 Å². The van der Waals surface area contributed by atoms with Gasteiger partial charge in [-0.1, -0.05) is 19.0 Å². The van der Waals surface area contributed by atoms with Gasteiger partial charge in [-0.15, -0.1) is 0 Å². The third-order valence-corrected chi connectivity index (χ3v) is 4.19. The molecule has 3 heterocycles. The van der Waals surface area contributed by atoms with Crippen LogP contribution < -0.4 is 4.90 Å². The molecule has 0 bridgehead atoms. The topological polar surface area (TPSA) is 88.2 Å². The Morgan fingerprint density at radius 2 is 2.22 bits per heavy atom. The summed E-state index contributed by atoms with van der Waals surface area (Å²) in [6, 6.07) is 2.01. The highest BCUT2D eigenvalue weighted by molar-refractivity contribution is 5.41. The number of anilines is 1. The number of nitrogens with zero attached hydrogens (tertiary/aromatic N) is 5. The van der Waals surface area contributed by atoms with Gasteiger partial charge in [0.05, 0.1) is 12.0 Å². The number of hydrogen-bond donors (Lipinski definition) is 1. The monoisotopic (exact) mass is 317 g/mol. The number of aromatic nitrogens is 4. The standard InChI is InChI=1S/C16H23N5O2/c1-11(2)13-7-14(18-10-17-13)21-6-4-5-16(22,9-21)8-15-19-12(3)20-23-15/h7,10-11,22H,4-6,8-9H2,1-3H3. The molecule has 1 fully saturated rings. The Hall–Kier alpha value is -2.02. The predicted molar refractivity (Wildman–Crippen MR) is 85.3 cm³/mol. The zero-order chi connectivity index (χ0) is 16.4. The molecular formula is C16H23N5O2. The molecule has 1 N–H and O–H groups in total. The first-order valence-electron chi connectivity index (χ1n) is 8.04. The van der Waals surface area contributed by atoms with E-state index in [1.807, 2.05) is 6.07 Å². The quantitative estimate of drug-likeness (QED) is 0.920. The number of aryl methyl sites for hydroxylation is 1. The molecular weight excluding hydrogens is 294 g/mol. The second-order valence-electron chi connectivity index (χ2n) is 6.62. The molecule has 1 aliphatic heterocycles. The largest absolute Gasteiger partial charge is 0.388 e. The average Bonchev–Trinajstić information content (AvgIpc) is 2.91. The summed E-state index contributed by atoms with van der Waals surface area (Å²) in [5, 5.41) is 14.7. The molecule has 124 valence electrons. The van der Waals surface area contributed by atoms with Gasteiger partial charge in [-0.3, -0.25) is 0 Å². The van der Waals surface area contributed by atoms with E-state index in [1.54, 1.807) is 13.3 Å². The van der Waals surface area contributed by atoms with Crippen LogP contribution in [0.25, 0.3) is 0 Å². The minimum absolute atomic E-state index is 0.349. The van der Waals surface area contributed by atoms with Crippen LogP contribution in [-0.4, -0.2) is 43.9 Å². The van der Waals surface area contributed by atoms with Gasteiger partial charge < -0.3 is 14.5 Å². The Morgan fingerprint density at radius 3 is 2.91 bits per heavy atom. The average molecular weight is 317 g/mol. The van der Waals surface area contributed by atoms with E-state index in [0.29, 0.717) is 37.0 Å². The van der Waals surface area contributed by atoms with Crippen LogP contribution in [-0.2, 0) is 6.42 Å². The number of hydrogen-bond acceptors (Lipinski definition) is 7. The lowest BCUT2D eigenvalue weighted by molar-refractivity contribution is 0.0191. The van der Waals surface area contributed by atoms with Gasteiger partial charge in [-0.25, -0.2) is 9.97 Å². The van der Waals surface area contributed by atoms with Crippen molar-refractivity contribution in [3.63, 3.8) is 0 Å². The molecule has 0 radical (unpaired) electrons. The van der Waals surface area contributed by atoms with Crippen molar-refractivity contribution in [2.45, 2.75) is 51.6 Å². The lowest BCUT2D eigenvalue weighted by Crippen LogP contribution is -2.50. The van der Waals surface area contributed by atoms with Gasteiger partial charge in [0, 0.05) is 24.8 Å². The van der Waals surface area contributed by atoms with Gasteiger partial charge in [0.2, 0.25) is 5.89 Å². The minimum Gasteiger partial charge on any atom is -0.388 e. The fourth-order valence-electron chi connectivity index (χ4n) is 3.00. The van der Waals surface area contributed by atoms with E-state index in [0.717, 1.165) is 24.5 Å². The van der Waals surface area contributed by atoms with Crippen LogP contribution in [0.3, 0.4) is 0 Å². The second kappa shape index (κ2) is 6.23. The number of β-amino-alcohol motifs (C(OH)–C–C–N with tert-alkyl or cyclic N) is 1. The Morgan fingerprint density at radius 1 is 1.39 bits per heavy atom. The molecule has 0 spiro atoms. The lowest BCUT2D eigenvalue weighted by Gasteiger charge is -2.39. The van der Waals surface area contributed by atoms with Gasteiger partial charge in [-0.2, -0.15) is 4.98 Å². The Balaban J connectivity index is 1.76. The normalized spacial score (nSPS) is 21.9. The van der Waals surface area contributed by atoms with E-state index in [4.69, 9.17) is 4.52 Å². The lowest BCUT2D eigenvalue weighted by atomic mass is 9.89. The summed E-state index contributed by atoms with van der Waals surface area (Å²) in [7, 11) is 0. The van der Waals surface area contributed by atoms with E-state index < -0.39 is 5.60 Å². The minimum atomic E-state index is -0.875. The maximum absolute atomic E-state index is 10.9. The van der Waals surface area contributed by atoms with E-state index >= 15 is 0 Å². The van der Waals surface area contributed by atoms with Gasteiger partial charge >= 0.3 is 0 Å². The summed E-state index contributed by atoms with van der Waals surface area (Å²) < 4.78 is 5.16. The van der Waals surface area contributed by atoms with Crippen LogP contribution in [0.4, 0.5) is 5.82 Å². The van der Waals surface area contributed by atoms with Gasteiger partial charge in [0.25, 0.3) is 0 Å². The third-order valence-electron chi connectivity index (χ3n) is 4.19. The number of piperidine rings is 1. The van der Waals surface area contributed by atoms with Crippen molar-refractivity contribution in [1.29, 1.82) is 0 Å². The van der Waals surface area contributed by atoms with Crippen LogP contribution in [0.15, 0.2) is 16.9 Å².